The summed E-state index contributed by atoms with van der Waals surface area (Å²) >= 11 is 0. The molecule has 0 spiro atoms. The fourth-order valence-corrected chi connectivity index (χ4v) is 3.05. The lowest BCUT2D eigenvalue weighted by Crippen LogP contribution is -2.15. The average Bonchev–Trinajstić information content (AvgIpc) is 3.18. The van der Waals surface area contributed by atoms with Gasteiger partial charge in [-0.1, -0.05) is 33.6 Å². The smallest absolute Gasteiger partial charge is 0.269 e. The van der Waals surface area contributed by atoms with Gasteiger partial charge in [-0.2, -0.15) is 5.10 Å². The van der Waals surface area contributed by atoms with E-state index in [1.54, 1.807) is 6.07 Å². The largest absolute Gasteiger partial charge is 0.396 e. The van der Waals surface area contributed by atoms with Crippen LogP contribution in [0.15, 0.2) is 18.2 Å². The van der Waals surface area contributed by atoms with E-state index in [1.165, 1.54) is 5.69 Å². The highest BCUT2D eigenvalue weighted by Gasteiger charge is 2.18. The Morgan fingerprint density at radius 2 is 2.04 bits per heavy atom. The van der Waals surface area contributed by atoms with Crippen LogP contribution < -0.4 is 5.73 Å². The molecule has 1 amide bonds. The minimum atomic E-state index is -0.506. The molecule has 0 fully saturated rings. The monoisotopic (exact) mass is 346 g/mol. The predicted octanol–water partition coefficient (Wildman–Crippen LogP) is 2.83. The third-order valence-corrected chi connectivity index (χ3v) is 4.51. The molecule has 0 aromatic carbocycles. The molecule has 2 rings (SSSR count). The Morgan fingerprint density at radius 1 is 1.28 bits per heavy atom. The highest BCUT2D eigenvalue weighted by atomic mass is 16.3. The third-order valence-electron chi connectivity index (χ3n) is 4.51. The van der Waals surface area contributed by atoms with E-state index in [-0.39, 0.29) is 12.5 Å². The van der Waals surface area contributed by atoms with Gasteiger partial charge in [-0.15, -0.1) is 0 Å². The number of hydrogen-bond acceptors (Lipinski definition) is 3. The molecule has 6 nitrogen and oxygen atoms in total. The molecule has 0 radical (unpaired) electrons. The number of aliphatic hydroxyl groups excluding tert-OH is 1. The van der Waals surface area contributed by atoms with Crippen LogP contribution in [-0.4, -0.2) is 32.0 Å². The van der Waals surface area contributed by atoms with Crippen LogP contribution in [0.25, 0.3) is 11.4 Å². The molecular weight excluding hydrogens is 316 g/mol. The number of aryl methyl sites for hydroxylation is 2. The van der Waals surface area contributed by atoms with Crippen LogP contribution in [0.4, 0.5) is 0 Å². The molecule has 25 heavy (non-hydrogen) atoms. The van der Waals surface area contributed by atoms with Crippen molar-refractivity contribution in [1.29, 1.82) is 0 Å². The maximum absolute atomic E-state index is 11.6. The number of carbonyl (C=O) groups is 1. The molecule has 0 saturated heterocycles. The van der Waals surface area contributed by atoms with Crippen LogP contribution in [0.2, 0.25) is 0 Å². The lowest BCUT2D eigenvalue weighted by atomic mass is 10.2. The van der Waals surface area contributed by atoms with E-state index in [9.17, 15) is 9.90 Å². The summed E-state index contributed by atoms with van der Waals surface area (Å²) in [5.74, 6) is -0.350. The summed E-state index contributed by atoms with van der Waals surface area (Å²) in [6.07, 6.45) is 4.17. The summed E-state index contributed by atoms with van der Waals surface area (Å²) in [6, 6.07) is 5.96. The number of rotatable bonds is 10. The van der Waals surface area contributed by atoms with Crippen molar-refractivity contribution in [1.82, 2.24) is 14.3 Å². The van der Waals surface area contributed by atoms with Crippen LogP contribution >= 0.6 is 0 Å². The number of aliphatic hydroxyl groups is 1. The standard InChI is InChI=1S/C19H30N4O2/c1-4-6-7-10-23-18(11-16(21-23)19(20)25)17-9-8-15(5-2)22(17)12-14(3)13-24/h8-9,11,14,24H,4-7,10,12-13H2,1-3H3,(H2,20,25). The van der Waals surface area contributed by atoms with Crippen molar-refractivity contribution in [2.24, 2.45) is 11.7 Å². The van der Waals surface area contributed by atoms with E-state index in [0.29, 0.717) is 5.69 Å². The van der Waals surface area contributed by atoms with Gasteiger partial charge in [0.1, 0.15) is 0 Å². The van der Waals surface area contributed by atoms with Crippen LogP contribution in [0.1, 0.15) is 56.2 Å². The zero-order valence-electron chi connectivity index (χ0n) is 15.5. The maximum Gasteiger partial charge on any atom is 0.269 e. The van der Waals surface area contributed by atoms with E-state index in [2.05, 4.69) is 35.6 Å². The second kappa shape index (κ2) is 8.85. The van der Waals surface area contributed by atoms with Crippen LogP contribution in [0, 0.1) is 5.92 Å². The zero-order chi connectivity index (χ0) is 18.4. The zero-order valence-corrected chi connectivity index (χ0v) is 15.5. The molecule has 1 unspecified atom stereocenters. The van der Waals surface area contributed by atoms with Crippen molar-refractivity contribution >= 4 is 5.91 Å². The molecule has 0 aliphatic heterocycles. The van der Waals surface area contributed by atoms with Crippen molar-refractivity contribution in [3.63, 3.8) is 0 Å². The Morgan fingerprint density at radius 3 is 2.64 bits per heavy atom. The number of nitrogens with two attached hydrogens (primary N) is 1. The Hall–Kier alpha value is -2.08. The van der Waals surface area contributed by atoms with Gasteiger partial charge in [-0.25, -0.2) is 0 Å². The van der Waals surface area contributed by atoms with Crippen molar-refractivity contribution < 1.29 is 9.90 Å². The Labute approximate surface area is 149 Å². The van der Waals surface area contributed by atoms with Crippen molar-refractivity contribution in [3.8, 4) is 11.4 Å². The molecular formula is C19H30N4O2. The molecule has 3 N–H and O–H groups in total. The lowest BCUT2D eigenvalue weighted by Gasteiger charge is -2.17. The predicted molar refractivity (Wildman–Crippen MR) is 99.3 cm³/mol. The van der Waals surface area contributed by atoms with Gasteiger partial charge in [-0.3, -0.25) is 9.48 Å². The van der Waals surface area contributed by atoms with Gasteiger partial charge in [0.15, 0.2) is 5.69 Å². The molecule has 2 aromatic heterocycles. The fraction of sp³-hybridized carbons (Fsp3) is 0.579. The number of amides is 1. The maximum atomic E-state index is 11.6. The van der Waals surface area contributed by atoms with Crippen molar-refractivity contribution in [3.05, 3.63) is 29.6 Å². The van der Waals surface area contributed by atoms with Crippen LogP contribution in [-0.2, 0) is 19.5 Å². The van der Waals surface area contributed by atoms with Gasteiger partial charge in [-0.05, 0) is 37.0 Å². The van der Waals surface area contributed by atoms with Crippen molar-refractivity contribution in [2.75, 3.05) is 6.61 Å². The topological polar surface area (TPSA) is 86.1 Å². The first-order valence-electron chi connectivity index (χ1n) is 9.19. The number of hydrogen-bond donors (Lipinski definition) is 2. The molecule has 1 atom stereocenters. The van der Waals surface area contributed by atoms with Gasteiger partial charge < -0.3 is 15.4 Å². The van der Waals surface area contributed by atoms with E-state index < -0.39 is 5.91 Å². The van der Waals surface area contributed by atoms with Crippen molar-refractivity contribution in [2.45, 2.75) is 59.5 Å². The van der Waals surface area contributed by atoms with E-state index in [1.807, 2.05) is 11.6 Å². The second-order valence-corrected chi connectivity index (χ2v) is 6.67. The Bertz CT molecular complexity index is 702. The SMILES string of the molecule is CCCCCn1nc(C(N)=O)cc1-c1ccc(CC)n1CC(C)CO. The Balaban J connectivity index is 2.45. The third kappa shape index (κ3) is 4.51. The molecule has 2 aromatic rings. The quantitative estimate of drug-likeness (QED) is 0.649. The highest BCUT2D eigenvalue weighted by Crippen LogP contribution is 2.26. The first-order chi connectivity index (χ1) is 12.0. The lowest BCUT2D eigenvalue weighted by molar-refractivity contribution is 0.0994. The first-order valence-corrected chi connectivity index (χ1v) is 9.19. The minimum Gasteiger partial charge on any atom is -0.396 e. The molecule has 0 bridgehead atoms. The highest BCUT2D eigenvalue weighted by molar-refractivity contribution is 5.91. The summed E-state index contributed by atoms with van der Waals surface area (Å²) in [7, 11) is 0. The number of aromatic nitrogens is 3. The summed E-state index contributed by atoms with van der Waals surface area (Å²) < 4.78 is 4.11. The van der Waals surface area contributed by atoms with Gasteiger partial charge in [0.05, 0.1) is 11.4 Å². The Kier molecular flexibility index (Phi) is 6.82. The number of unbranched alkanes of at least 4 members (excludes halogenated alkanes) is 2. The van der Waals surface area contributed by atoms with E-state index in [4.69, 9.17) is 5.73 Å². The summed E-state index contributed by atoms with van der Waals surface area (Å²) in [6.45, 7) is 7.94. The number of nitrogens with zero attached hydrogens (tertiary/aromatic N) is 3. The minimum absolute atomic E-state index is 0.142. The average molecular weight is 346 g/mol. The second-order valence-electron chi connectivity index (χ2n) is 6.67. The molecule has 2 heterocycles. The fourth-order valence-electron chi connectivity index (χ4n) is 3.05. The van der Waals surface area contributed by atoms with Gasteiger partial charge in [0.2, 0.25) is 0 Å². The van der Waals surface area contributed by atoms with Crippen LogP contribution in [0.5, 0.6) is 0 Å². The van der Waals surface area contributed by atoms with Gasteiger partial charge in [0.25, 0.3) is 5.91 Å². The number of primary amides is 1. The van der Waals surface area contributed by atoms with Gasteiger partial charge in [0, 0.05) is 25.4 Å². The summed E-state index contributed by atoms with van der Waals surface area (Å²) in [5, 5.41) is 13.9. The molecule has 0 aliphatic rings. The van der Waals surface area contributed by atoms with Crippen LogP contribution in [0.3, 0.4) is 0 Å². The molecule has 138 valence electrons. The van der Waals surface area contributed by atoms with E-state index >= 15 is 0 Å². The molecule has 0 aliphatic carbocycles. The summed E-state index contributed by atoms with van der Waals surface area (Å²) in [4.78, 5) is 11.6. The molecule has 6 heteroatoms. The summed E-state index contributed by atoms with van der Waals surface area (Å²) in [5.41, 5.74) is 8.88. The van der Waals surface area contributed by atoms with E-state index in [0.717, 1.165) is 50.2 Å². The van der Waals surface area contributed by atoms with Gasteiger partial charge >= 0.3 is 0 Å². The number of carbonyl (C=O) groups excluding carboxylic acids is 1. The first kappa shape index (κ1) is 19.2. The molecule has 0 saturated carbocycles. The normalized spacial score (nSPS) is 12.5.